The van der Waals surface area contributed by atoms with Crippen LogP contribution < -0.4 is 0 Å². The third-order valence-corrected chi connectivity index (χ3v) is 10.4. The smallest absolute Gasteiger partial charge is 0.338 e. The molecule has 0 aromatic heterocycles. The highest BCUT2D eigenvalue weighted by atomic mass is 16.6. The molecule has 2 aromatic rings. The normalized spacial score (nSPS) is 35.6. The lowest BCUT2D eigenvalue weighted by molar-refractivity contribution is -0.158. The van der Waals surface area contributed by atoms with Crippen molar-refractivity contribution in [2.24, 2.45) is 40.9 Å². The number of hydrogen-bond donors (Lipinski definition) is 0. The van der Waals surface area contributed by atoms with Crippen molar-refractivity contribution >= 4 is 17.9 Å². The summed E-state index contributed by atoms with van der Waals surface area (Å²) in [6.45, 7) is 12.6. The summed E-state index contributed by atoms with van der Waals surface area (Å²) in [6.07, 6.45) is 0.591. The fraction of sp³-hybridized carbons (Fsp3) is 0.571. The van der Waals surface area contributed by atoms with Crippen LogP contribution in [0.4, 0.5) is 0 Å². The van der Waals surface area contributed by atoms with E-state index in [9.17, 15) is 14.4 Å². The predicted molar refractivity (Wildman–Crippen MR) is 158 cm³/mol. The summed E-state index contributed by atoms with van der Waals surface area (Å²) in [5.74, 6) is -0.290. The Bertz CT molecular complexity index is 1260. The molecular weight excluding hydrogens is 532 g/mol. The summed E-state index contributed by atoms with van der Waals surface area (Å²) in [5.41, 5.74) is 0.664. The minimum atomic E-state index is -0.418. The van der Waals surface area contributed by atoms with Gasteiger partial charge >= 0.3 is 17.9 Å². The Morgan fingerprint density at radius 2 is 1.43 bits per heavy atom. The summed E-state index contributed by atoms with van der Waals surface area (Å²) < 4.78 is 24.7. The van der Waals surface area contributed by atoms with Crippen molar-refractivity contribution in [1.29, 1.82) is 0 Å². The molecule has 0 amide bonds. The molecule has 226 valence electrons. The van der Waals surface area contributed by atoms with Crippen molar-refractivity contribution in [3.63, 3.8) is 0 Å². The van der Waals surface area contributed by atoms with E-state index in [4.69, 9.17) is 18.9 Å². The number of ether oxygens (including phenoxy) is 4. The first-order valence-corrected chi connectivity index (χ1v) is 15.3. The third kappa shape index (κ3) is 5.48. The van der Waals surface area contributed by atoms with E-state index in [0.717, 1.165) is 12.8 Å². The van der Waals surface area contributed by atoms with E-state index in [1.807, 2.05) is 36.4 Å². The Balaban J connectivity index is 1.31. The van der Waals surface area contributed by atoms with Gasteiger partial charge in [-0.3, -0.25) is 4.79 Å². The van der Waals surface area contributed by atoms with Crippen LogP contribution in [0.3, 0.4) is 0 Å². The molecule has 3 unspecified atom stereocenters. The summed E-state index contributed by atoms with van der Waals surface area (Å²) >= 11 is 0. The van der Waals surface area contributed by atoms with Crippen molar-refractivity contribution in [3.8, 4) is 0 Å². The van der Waals surface area contributed by atoms with E-state index in [-0.39, 0.29) is 71.7 Å². The van der Waals surface area contributed by atoms with Crippen LogP contribution in [0.1, 0.15) is 75.1 Å². The molecule has 5 rings (SSSR count). The molecule has 0 N–H and O–H groups in total. The minimum absolute atomic E-state index is 0.0136. The molecule has 7 heteroatoms. The van der Waals surface area contributed by atoms with Gasteiger partial charge in [0.1, 0.15) is 12.2 Å². The number of carbonyl (C=O) groups is 3. The number of esters is 3. The van der Waals surface area contributed by atoms with Crippen LogP contribution in [0.15, 0.2) is 60.7 Å². The largest absolute Gasteiger partial charge is 0.462 e. The fourth-order valence-electron chi connectivity index (χ4n) is 8.40. The van der Waals surface area contributed by atoms with Gasteiger partial charge in [-0.25, -0.2) is 9.59 Å². The molecule has 0 radical (unpaired) electrons. The quantitative estimate of drug-likeness (QED) is 0.254. The molecule has 2 aromatic carbocycles. The summed E-state index contributed by atoms with van der Waals surface area (Å²) in [6, 6.07) is 18.1. The van der Waals surface area contributed by atoms with Gasteiger partial charge < -0.3 is 18.9 Å². The maximum absolute atomic E-state index is 13.3. The van der Waals surface area contributed by atoms with Crippen LogP contribution in [-0.4, -0.2) is 48.9 Å². The van der Waals surface area contributed by atoms with Crippen molar-refractivity contribution in [2.45, 2.75) is 78.8 Å². The standard InChI is InChI=1S/C35H44O7/c1-20(19-39-33(37)25-13-9-7-10-14-25)17-18-27-23(4)29-31(41-27)30(40-24(5)36)28-21(2)22(3)32(35(28,29)6)42-34(38)26-15-11-8-12-16-26/h7-16,20-23,27-32H,17-19H2,1-6H3/t20-,21?,22?,23-,27-,28?,29+,30+,31-,32-,35+/m1/s1. The zero-order valence-electron chi connectivity index (χ0n) is 25.5. The van der Waals surface area contributed by atoms with Crippen molar-refractivity contribution in [2.75, 3.05) is 6.61 Å². The van der Waals surface area contributed by atoms with Gasteiger partial charge in [-0.05, 0) is 60.8 Å². The van der Waals surface area contributed by atoms with Crippen LogP contribution in [0.2, 0.25) is 0 Å². The van der Waals surface area contributed by atoms with Crippen LogP contribution in [0.25, 0.3) is 0 Å². The van der Waals surface area contributed by atoms with Crippen molar-refractivity contribution < 1.29 is 33.3 Å². The molecule has 0 bridgehead atoms. The van der Waals surface area contributed by atoms with E-state index in [0.29, 0.717) is 17.7 Å². The average Bonchev–Trinajstić information content (AvgIpc) is 3.51. The van der Waals surface area contributed by atoms with Gasteiger partial charge in [-0.15, -0.1) is 0 Å². The molecule has 3 fully saturated rings. The second kappa shape index (κ2) is 12.2. The molecular formula is C35H44O7. The van der Waals surface area contributed by atoms with Crippen LogP contribution in [-0.2, 0) is 23.7 Å². The highest BCUT2D eigenvalue weighted by molar-refractivity contribution is 5.89. The van der Waals surface area contributed by atoms with Crippen LogP contribution >= 0.6 is 0 Å². The van der Waals surface area contributed by atoms with Gasteiger partial charge in [-0.1, -0.05) is 71.0 Å². The molecule has 1 saturated heterocycles. The Morgan fingerprint density at radius 1 is 0.833 bits per heavy atom. The van der Waals surface area contributed by atoms with Gasteiger partial charge in [0.2, 0.25) is 0 Å². The summed E-state index contributed by atoms with van der Waals surface area (Å²) in [7, 11) is 0. The molecule has 1 aliphatic heterocycles. The van der Waals surface area contributed by atoms with Crippen molar-refractivity contribution in [1.82, 2.24) is 0 Å². The third-order valence-electron chi connectivity index (χ3n) is 10.4. The lowest BCUT2D eigenvalue weighted by Gasteiger charge is -2.39. The molecule has 2 saturated carbocycles. The maximum atomic E-state index is 13.3. The first-order valence-electron chi connectivity index (χ1n) is 15.3. The second-order valence-electron chi connectivity index (χ2n) is 13.0. The lowest BCUT2D eigenvalue weighted by atomic mass is 9.67. The first kappa shape index (κ1) is 30.3. The predicted octanol–water partition coefficient (Wildman–Crippen LogP) is 6.36. The number of benzene rings is 2. The number of hydrogen-bond acceptors (Lipinski definition) is 7. The molecule has 11 atom stereocenters. The average molecular weight is 577 g/mol. The van der Waals surface area contributed by atoms with Crippen LogP contribution in [0.5, 0.6) is 0 Å². The van der Waals surface area contributed by atoms with Gasteiger partial charge in [0.25, 0.3) is 0 Å². The molecule has 42 heavy (non-hydrogen) atoms. The Labute approximate surface area is 249 Å². The fourth-order valence-corrected chi connectivity index (χ4v) is 8.40. The van der Waals surface area contributed by atoms with Gasteiger partial charge in [0, 0.05) is 24.2 Å². The zero-order valence-corrected chi connectivity index (χ0v) is 25.5. The van der Waals surface area contributed by atoms with Gasteiger partial charge in [0.15, 0.2) is 0 Å². The molecule has 3 aliphatic rings. The first-order chi connectivity index (χ1) is 20.0. The van der Waals surface area contributed by atoms with Crippen LogP contribution in [0, 0.1) is 40.9 Å². The van der Waals surface area contributed by atoms with E-state index < -0.39 is 11.5 Å². The second-order valence-corrected chi connectivity index (χ2v) is 13.0. The minimum Gasteiger partial charge on any atom is -0.462 e. The van der Waals surface area contributed by atoms with E-state index >= 15 is 0 Å². The molecule has 1 heterocycles. The Morgan fingerprint density at radius 3 is 2.02 bits per heavy atom. The molecule has 0 spiro atoms. The Kier molecular flexibility index (Phi) is 8.79. The summed E-state index contributed by atoms with van der Waals surface area (Å²) in [5, 5.41) is 0. The van der Waals surface area contributed by atoms with E-state index in [1.54, 1.807) is 24.3 Å². The number of carbonyl (C=O) groups excluding carboxylic acids is 3. The highest BCUT2D eigenvalue weighted by Crippen LogP contribution is 2.67. The SMILES string of the molecule is CC(=O)O[C@H]1C2C(C)C(C)[C@@H](OC(=O)c3ccccc3)[C@]2(C)[C@H]2[C@H](C)[C@@H](CC[C@@H](C)COC(=O)c3ccccc3)O[C@H]21. The lowest BCUT2D eigenvalue weighted by Crippen LogP contribution is -2.44. The molecule has 2 aliphatic carbocycles. The van der Waals surface area contributed by atoms with Gasteiger partial charge in [-0.2, -0.15) is 0 Å². The van der Waals surface area contributed by atoms with Gasteiger partial charge in [0.05, 0.1) is 29.9 Å². The van der Waals surface area contributed by atoms with Crippen molar-refractivity contribution in [3.05, 3.63) is 71.8 Å². The number of fused-ring (bicyclic) bond motifs is 3. The zero-order chi connectivity index (χ0) is 30.2. The monoisotopic (exact) mass is 576 g/mol. The number of rotatable bonds is 9. The van der Waals surface area contributed by atoms with E-state index in [2.05, 4.69) is 34.6 Å². The summed E-state index contributed by atoms with van der Waals surface area (Å²) in [4.78, 5) is 38.0. The van der Waals surface area contributed by atoms with E-state index in [1.165, 1.54) is 6.92 Å². The maximum Gasteiger partial charge on any atom is 0.338 e. The molecule has 7 nitrogen and oxygen atoms in total. The highest BCUT2D eigenvalue weighted by Gasteiger charge is 2.74. The Hall–Kier alpha value is -3.19. The topological polar surface area (TPSA) is 88.1 Å².